The van der Waals surface area contributed by atoms with Gasteiger partial charge in [-0.2, -0.15) is 5.10 Å². The van der Waals surface area contributed by atoms with Crippen molar-refractivity contribution >= 4 is 0 Å². The Labute approximate surface area is 111 Å². The molecule has 0 aliphatic heterocycles. The largest absolute Gasteiger partial charge is 0.382 e. The van der Waals surface area contributed by atoms with Gasteiger partial charge in [-0.15, -0.1) is 0 Å². The van der Waals surface area contributed by atoms with E-state index in [-0.39, 0.29) is 6.04 Å². The quantitative estimate of drug-likeness (QED) is 0.688. The molecule has 0 spiro atoms. The predicted molar refractivity (Wildman–Crippen MR) is 74.6 cm³/mol. The van der Waals surface area contributed by atoms with Crippen LogP contribution in [0, 0.1) is 0 Å². The zero-order chi connectivity index (χ0) is 13.4. The molecule has 104 valence electrons. The molecule has 0 saturated carbocycles. The maximum absolute atomic E-state index is 6.07. The van der Waals surface area contributed by atoms with Crippen LogP contribution in [0.15, 0.2) is 12.3 Å². The van der Waals surface area contributed by atoms with Crippen molar-refractivity contribution in [1.82, 2.24) is 9.78 Å². The minimum Gasteiger partial charge on any atom is -0.382 e. The number of nitrogens with two attached hydrogens (primary N) is 1. The number of aromatic nitrogens is 2. The van der Waals surface area contributed by atoms with E-state index in [1.165, 1.54) is 0 Å². The van der Waals surface area contributed by atoms with Crippen LogP contribution in [0.1, 0.15) is 51.8 Å². The Morgan fingerprint density at radius 1 is 1.33 bits per heavy atom. The van der Waals surface area contributed by atoms with Gasteiger partial charge in [0.1, 0.15) is 0 Å². The predicted octanol–water partition coefficient (Wildman–Crippen LogP) is 2.54. The summed E-state index contributed by atoms with van der Waals surface area (Å²) in [5.74, 6) is 0. The number of hydrogen-bond acceptors (Lipinski definition) is 3. The lowest BCUT2D eigenvalue weighted by Gasteiger charge is -2.13. The molecular formula is C14H27N3O. The molecule has 1 aromatic rings. The lowest BCUT2D eigenvalue weighted by atomic mass is 10.1. The second-order valence-electron chi connectivity index (χ2n) is 4.71. The summed E-state index contributed by atoms with van der Waals surface area (Å²) >= 11 is 0. The molecule has 4 heteroatoms. The first kappa shape index (κ1) is 15.2. The highest BCUT2D eigenvalue weighted by molar-refractivity contribution is 5.02. The fraction of sp³-hybridized carbons (Fsp3) is 0.786. The van der Waals surface area contributed by atoms with E-state index in [9.17, 15) is 0 Å². The monoisotopic (exact) mass is 253 g/mol. The third-order valence-electron chi connectivity index (χ3n) is 3.29. The maximum Gasteiger partial charge on any atom is 0.0640 e. The Morgan fingerprint density at radius 2 is 2.06 bits per heavy atom. The van der Waals surface area contributed by atoms with Gasteiger partial charge >= 0.3 is 0 Å². The lowest BCUT2D eigenvalue weighted by Crippen LogP contribution is -2.25. The summed E-state index contributed by atoms with van der Waals surface area (Å²) in [7, 11) is 0. The van der Waals surface area contributed by atoms with E-state index in [1.54, 1.807) is 0 Å². The van der Waals surface area contributed by atoms with Crippen molar-refractivity contribution in [2.24, 2.45) is 5.73 Å². The summed E-state index contributed by atoms with van der Waals surface area (Å²) in [6, 6.07) is 2.73. The summed E-state index contributed by atoms with van der Waals surface area (Å²) in [6.07, 6.45) is 6.04. The van der Waals surface area contributed by atoms with E-state index < -0.39 is 0 Å². The lowest BCUT2D eigenvalue weighted by molar-refractivity contribution is 0.140. The van der Waals surface area contributed by atoms with E-state index in [4.69, 9.17) is 10.5 Å². The average molecular weight is 253 g/mol. The molecule has 0 aromatic carbocycles. The highest BCUT2D eigenvalue weighted by atomic mass is 16.5. The van der Waals surface area contributed by atoms with Gasteiger partial charge in [-0.1, -0.05) is 13.8 Å². The first-order valence-corrected chi connectivity index (χ1v) is 7.08. The molecule has 0 bridgehead atoms. The van der Waals surface area contributed by atoms with Crippen LogP contribution in [0.25, 0.3) is 0 Å². The fourth-order valence-electron chi connectivity index (χ4n) is 2.10. The van der Waals surface area contributed by atoms with Gasteiger partial charge in [0.15, 0.2) is 0 Å². The average Bonchev–Trinajstić information content (AvgIpc) is 2.79. The van der Waals surface area contributed by atoms with Crippen molar-refractivity contribution in [3.05, 3.63) is 18.0 Å². The first-order valence-electron chi connectivity index (χ1n) is 7.08. The van der Waals surface area contributed by atoms with Crippen LogP contribution >= 0.6 is 0 Å². The highest BCUT2D eigenvalue weighted by Crippen LogP contribution is 2.15. The summed E-state index contributed by atoms with van der Waals surface area (Å²) in [5.41, 5.74) is 7.16. The van der Waals surface area contributed by atoms with E-state index >= 15 is 0 Å². The zero-order valence-electron chi connectivity index (χ0n) is 11.9. The van der Waals surface area contributed by atoms with Crippen molar-refractivity contribution in [1.29, 1.82) is 0 Å². The van der Waals surface area contributed by atoms with Gasteiger partial charge in [-0.25, -0.2) is 0 Å². The second-order valence-corrected chi connectivity index (χ2v) is 4.71. The number of nitrogens with zero attached hydrogens (tertiary/aromatic N) is 2. The van der Waals surface area contributed by atoms with Crippen LogP contribution in [0.4, 0.5) is 0 Å². The molecule has 1 heterocycles. The third kappa shape index (κ3) is 4.78. The molecule has 1 aromatic heterocycles. The summed E-state index contributed by atoms with van der Waals surface area (Å²) in [5, 5.41) is 4.62. The summed E-state index contributed by atoms with van der Waals surface area (Å²) in [6.45, 7) is 7.90. The Bertz CT molecular complexity index is 321. The smallest absolute Gasteiger partial charge is 0.0640 e. The minimum atomic E-state index is 0.140. The molecule has 0 saturated heterocycles. The Kier molecular flexibility index (Phi) is 6.98. The molecule has 0 radical (unpaired) electrons. The molecular weight excluding hydrogens is 226 g/mol. The minimum absolute atomic E-state index is 0.140. The number of ether oxygens (including phenoxy) is 1. The third-order valence-corrected chi connectivity index (χ3v) is 3.29. The van der Waals surface area contributed by atoms with Crippen LogP contribution < -0.4 is 5.73 Å². The van der Waals surface area contributed by atoms with E-state index in [0.29, 0.717) is 6.04 Å². The molecule has 1 unspecified atom stereocenters. The van der Waals surface area contributed by atoms with E-state index in [1.807, 2.05) is 6.92 Å². The Hall–Kier alpha value is -0.870. The van der Waals surface area contributed by atoms with Gasteiger partial charge in [0.25, 0.3) is 0 Å². The molecule has 0 fully saturated rings. The van der Waals surface area contributed by atoms with Gasteiger partial charge in [0, 0.05) is 31.9 Å². The standard InChI is InChI=1S/C14H27N3O/c1-4-14(5-2)17-9-7-13(16-17)11-12(15)8-10-18-6-3/h7,9,12,14H,4-6,8,10-11,15H2,1-3H3. The highest BCUT2D eigenvalue weighted by Gasteiger charge is 2.10. The zero-order valence-corrected chi connectivity index (χ0v) is 11.9. The van der Waals surface area contributed by atoms with E-state index in [2.05, 4.69) is 35.9 Å². The van der Waals surface area contributed by atoms with Crippen LogP contribution in [-0.4, -0.2) is 29.0 Å². The maximum atomic E-state index is 6.07. The van der Waals surface area contributed by atoms with Crippen molar-refractivity contribution < 1.29 is 4.74 Å². The van der Waals surface area contributed by atoms with Crippen molar-refractivity contribution in [3.63, 3.8) is 0 Å². The van der Waals surface area contributed by atoms with Gasteiger partial charge < -0.3 is 10.5 Å². The van der Waals surface area contributed by atoms with Crippen LogP contribution in [-0.2, 0) is 11.2 Å². The Balaban J connectivity index is 2.43. The normalized spacial score (nSPS) is 13.2. The molecule has 4 nitrogen and oxygen atoms in total. The van der Waals surface area contributed by atoms with Crippen molar-refractivity contribution in [2.45, 2.75) is 58.5 Å². The second kappa shape index (κ2) is 8.27. The van der Waals surface area contributed by atoms with Gasteiger partial charge in [0.05, 0.1) is 11.7 Å². The van der Waals surface area contributed by atoms with E-state index in [0.717, 1.165) is 44.6 Å². The van der Waals surface area contributed by atoms with Crippen LogP contribution in [0.3, 0.4) is 0 Å². The molecule has 0 aliphatic rings. The number of rotatable bonds is 9. The molecule has 1 atom stereocenters. The van der Waals surface area contributed by atoms with Gasteiger partial charge in [0.2, 0.25) is 0 Å². The Morgan fingerprint density at radius 3 is 2.67 bits per heavy atom. The van der Waals surface area contributed by atoms with Crippen molar-refractivity contribution in [2.75, 3.05) is 13.2 Å². The van der Waals surface area contributed by atoms with Crippen molar-refractivity contribution in [3.8, 4) is 0 Å². The topological polar surface area (TPSA) is 53.1 Å². The first-order chi connectivity index (χ1) is 8.71. The van der Waals surface area contributed by atoms with Crippen LogP contribution in [0.5, 0.6) is 0 Å². The molecule has 1 rings (SSSR count). The molecule has 0 amide bonds. The summed E-state index contributed by atoms with van der Waals surface area (Å²) < 4.78 is 7.39. The SMILES string of the molecule is CCOCCC(N)Cc1ccn(C(CC)CC)n1. The fourth-order valence-corrected chi connectivity index (χ4v) is 2.10. The molecule has 2 N–H and O–H groups in total. The molecule has 0 aliphatic carbocycles. The van der Waals surface area contributed by atoms with Gasteiger partial charge in [-0.3, -0.25) is 4.68 Å². The molecule has 18 heavy (non-hydrogen) atoms. The summed E-state index contributed by atoms with van der Waals surface area (Å²) in [4.78, 5) is 0. The van der Waals surface area contributed by atoms with Crippen LogP contribution in [0.2, 0.25) is 0 Å². The van der Waals surface area contributed by atoms with Gasteiger partial charge in [-0.05, 0) is 32.3 Å². The number of hydrogen-bond donors (Lipinski definition) is 1.